The lowest BCUT2D eigenvalue weighted by Gasteiger charge is -2.14. The van der Waals surface area contributed by atoms with E-state index in [1.54, 1.807) is 12.3 Å². The minimum absolute atomic E-state index is 0.0202. The number of amides is 1. The third-order valence-electron chi connectivity index (χ3n) is 3.21. The van der Waals surface area contributed by atoms with Crippen LogP contribution in [-0.2, 0) is 17.6 Å². The number of carbonyl (C=O) groups is 1. The molecule has 21 heavy (non-hydrogen) atoms. The van der Waals surface area contributed by atoms with E-state index in [2.05, 4.69) is 5.32 Å². The Labute approximate surface area is 128 Å². The average Bonchev–Trinajstić information content (AvgIpc) is 2.94. The van der Waals surface area contributed by atoms with E-state index in [9.17, 15) is 9.18 Å². The van der Waals surface area contributed by atoms with E-state index in [-0.39, 0.29) is 29.0 Å². The fourth-order valence-electron chi connectivity index (χ4n) is 2.07. The largest absolute Gasteiger partial charge is 0.469 e. The van der Waals surface area contributed by atoms with Gasteiger partial charge in [-0.1, -0.05) is 17.7 Å². The summed E-state index contributed by atoms with van der Waals surface area (Å²) < 4.78 is 18.8. The van der Waals surface area contributed by atoms with E-state index in [1.807, 2.05) is 19.1 Å². The summed E-state index contributed by atoms with van der Waals surface area (Å²) in [6.07, 6.45) is 3.06. The van der Waals surface area contributed by atoms with Crippen molar-refractivity contribution in [3.05, 3.63) is 58.8 Å². The van der Waals surface area contributed by atoms with Gasteiger partial charge in [-0.2, -0.15) is 0 Å². The molecule has 1 aromatic carbocycles. The Morgan fingerprint density at radius 2 is 2.19 bits per heavy atom. The number of halogens is 2. The number of furan rings is 1. The number of carbonyl (C=O) groups excluding carboxylic acids is 1. The Balaban J connectivity index is 1.83. The first-order chi connectivity index (χ1) is 10.1. The van der Waals surface area contributed by atoms with Crippen LogP contribution in [0.3, 0.4) is 0 Å². The van der Waals surface area contributed by atoms with E-state index in [1.165, 1.54) is 12.1 Å². The highest BCUT2D eigenvalue weighted by Crippen LogP contribution is 2.19. The molecule has 1 N–H and O–H groups in total. The number of rotatable bonds is 6. The van der Waals surface area contributed by atoms with Crippen molar-refractivity contribution in [3.63, 3.8) is 0 Å². The molecular weight excluding hydrogens is 293 g/mol. The van der Waals surface area contributed by atoms with Gasteiger partial charge in [-0.25, -0.2) is 4.39 Å². The molecule has 5 heteroatoms. The van der Waals surface area contributed by atoms with E-state index < -0.39 is 5.82 Å². The molecule has 1 aromatic heterocycles. The van der Waals surface area contributed by atoms with Gasteiger partial charge in [0, 0.05) is 23.0 Å². The molecule has 0 saturated carbocycles. The Morgan fingerprint density at radius 1 is 1.38 bits per heavy atom. The zero-order chi connectivity index (χ0) is 15.2. The molecule has 1 unspecified atom stereocenters. The smallest absolute Gasteiger partial charge is 0.224 e. The van der Waals surface area contributed by atoms with Crippen LogP contribution >= 0.6 is 11.6 Å². The maximum absolute atomic E-state index is 13.6. The molecule has 1 amide bonds. The third kappa shape index (κ3) is 4.60. The zero-order valence-corrected chi connectivity index (χ0v) is 12.5. The number of benzene rings is 1. The molecule has 1 heterocycles. The molecule has 0 saturated heterocycles. The lowest BCUT2D eigenvalue weighted by Crippen LogP contribution is -2.34. The van der Waals surface area contributed by atoms with Gasteiger partial charge in [0.15, 0.2) is 0 Å². The molecule has 0 aliphatic carbocycles. The Kier molecular flexibility index (Phi) is 5.39. The Hall–Kier alpha value is -1.81. The lowest BCUT2D eigenvalue weighted by molar-refractivity contribution is -0.121. The van der Waals surface area contributed by atoms with Crippen molar-refractivity contribution >= 4 is 17.5 Å². The number of hydrogen-bond acceptors (Lipinski definition) is 2. The first-order valence-electron chi connectivity index (χ1n) is 6.81. The molecular formula is C16H17ClFNO2. The summed E-state index contributed by atoms with van der Waals surface area (Å²) in [7, 11) is 0. The van der Waals surface area contributed by atoms with Gasteiger partial charge in [0.2, 0.25) is 5.91 Å². The molecule has 0 aliphatic rings. The van der Waals surface area contributed by atoms with Crippen molar-refractivity contribution in [2.24, 2.45) is 0 Å². The normalized spacial score (nSPS) is 12.1. The van der Waals surface area contributed by atoms with Crippen molar-refractivity contribution < 1.29 is 13.6 Å². The molecule has 0 spiro atoms. The van der Waals surface area contributed by atoms with Gasteiger partial charge in [0.25, 0.3) is 0 Å². The maximum atomic E-state index is 13.6. The molecule has 0 bridgehead atoms. The van der Waals surface area contributed by atoms with Gasteiger partial charge in [-0.3, -0.25) is 4.79 Å². The molecule has 1 atom stereocenters. The van der Waals surface area contributed by atoms with Crippen molar-refractivity contribution in [3.8, 4) is 0 Å². The van der Waals surface area contributed by atoms with Gasteiger partial charge < -0.3 is 9.73 Å². The topological polar surface area (TPSA) is 42.2 Å². The predicted molar refractivity (Wildman–Crippen MR) is 79.7 cm³/mol. The summed E-state index contributed by atoms with van der Waals surface area (Å²) in [6, 6.07) is 8.10. The van der Waals surface area contributed by atoms with Crippen molar-refractivity contribution in [1.29, 1.82) is 0 Å². The molecule has 2 aromatic rings. The van der Waals surface area contributed by atoms with Crippen LogP contribution in [0.4, 0.5) is 4.39 Å². The third-order valence-corrected chi connectivity index (χ3v) is 3.56. The van der Waals surface area contributed by atoms with Crippen LogP contribution in [0, 0.1) is 5.82 Å². The van der Waals surface area contributed by atoms with E-state index >= 15 is 0 Å². The lowest BCUT2D eigenvalue weighted by atomic mass is 10.1. The van der Waals surface area contributed by atoms with Crippen LogP contribution in [0.1, 0.15) is 24.7 Å². The van der Waals surface area contributed by atoms with Crippen molar-refractivity contribution in [1.82, 2.24) is 5.32 Å². The Bertz CT molecular complexity index is 578. The minimum atomic E-state index is -0.458. The van der Waals surface area contributed by atoms with Crippen LogP contribution in [-0.4, -0.2) is 11.9 Å². The highest BCUT2D eigenvalue weighted by atomic mass is 35.5. The number of hydrogen-bond donors (Lipinski definition) is 1. The molecule has 112 valence electrons. The van der Waals surface area contributed by atoms with Crippen molar-refractivity contribution in [2.45, 2.75) is 32.2 Å². The SMILES string of the molecule is CC(CCc1ccco1)NC(=O)Cc1c(F)cccc1Cl. The molecule has 3 nitrogen and oxygen atoms in total. The molecule has 0 radical (unpaired) electrons. The van der Waals surface area contributed by atoms with Gasteiger partial charge in [-0.05, 0) is 37.6 Å². The maximum Gasteiger partial charge on any atom is 0.224 e. The van der Waals surface area contributed by atoms with Crippen molar-refractivity contribution in [2.75, 3.05) is 0 Å². The molecule has 0 aliphatic heterocycles. The monoisotopic (exact) mass is 309 g/mol. The summed E-state index contributed by atoms with van der Waals surface area (Å²) >= 11 is 5.91. The van der Waals surface area contributed by atoms with E-state index in [4.69, 9.17) is 16.0 Å². The summed E-state index contributed by atoms with van der Waals surface area (Å²) in [5, 5.41) is 3.11. The summed E-state index contributed by atoms with van der Waals surface area (Å²) in [4.78, 5) is 11.9. The predicted octanol–water partition coefficient (Wildman–Crippen LogP) is 3.75. The minimum Gasteiger partial charge on any atom is -0.469 e. The van der Waals surface area contributed by atoms with E-state index in [0.29, 0.717) is 0 Å². The second-order valence-electron chi connectivity index (χ2n) is 4.96. The van der Waals surface area contributed by atoms with Crippen LogP contribution in [0.15, 0.2) is 41.0 Å². The average molecular weight is 310 g/mol. The first kappa shape index (κ1) is 15.6. The van der Waals surface area contributed by atoms with Gasteiger partial charge in [-0.15, -0.1) is 0 Å². The highest BCUT2D eigenvalue weighted by molar-refractivity contribution is 6.31. The summed E-state index contributed by atoms with van der Waals surface area (Å²) in [5.41, 5.74) is 0.231. The summed E-state index contributed by atoms with van der Waals surface area (Å²) in [6.45, 7) is 1.91. The van der Waals surface area contributed by atoms with Gasteiger partial charge >= 0.3 is 0 Å². The summed E-state index contributed by atoms with van der Waals surface area (Å²) in [5.74, 6) is 0.183. The molecule has 0 fully saturated rings. The zero-order valence-electron chi connectivity index (χ0n) is 11.7. The van der Waals surface area contributed by atoms with Crippen LogP contribution < -0.4 is 5.32 Å². The first-order valence-corrected chi connectivity index (χ1v) is 7.18. The van der Waals surface area contributed by atoms with Crippen LogP contribution in [0.25, 0.3) is 0 Å². The quantitative estimate of drug-likeness (QED) is 0.883. The Morgan fingerprint density at radius 3 is 2.86 bits per heavy atom. The standard InChI is InChI=1S/C16H17ClFNO2/c1-11(7-8-12-4-3-9-21-12)19-16(20)10-13-14(17)5-2-6-15(13)18/h2-6,9,11H,7-8,10H2,1H3,(H,19,20). The van der Waals surface area contributed by atoms with E-state index in [0.717, 1.165) is 18.6 Å². The van der Waals surface area contributed by atoms with Crippen LogP contribution in [0.2, 0.25) is 5.02 Å². The second-order valence-corrected chi connectivity index (χ2v) is 5.37. The van der Waals surface area contributed by atoms with Crippen LogP contribution in [0.5, 0.6) is 0 Å². The second kappa shape index (κ2) is 7.27. The molecule has 2 rings (SSSR count). The fraction of sp³-hybridized carbons (Fsp3) is 0.312. The highest BCUT2D eigenvalue weighted by Gasteiger charge is 2.14. The van der Waals surface area contributed by atoms with Gasteiger partial charge in [0.05, 0.1) is 12.7 Å². The number of nitrogens with one attached hydrogen (secondary N) is 1. The van der Waals surface area contributed by atoms with Gasteiger partial charge in [0.1, 0.15) is 11.6 Å². The number of aryl methyl sites for hydroxylation is 1. The fourth-order valence-corrected chi connectivity index (χ4v) is 2.30.